The summed E-state index contributed by atoms with van der Waals surface area (Å²) in [5, 5.41) is 37.2. The van der Waals surface area contributed by atoms with Crippen LogP contribution in [0.5, 0.6) is 0 Å². The molecule has 0 bridgehead atoms. The van der Waals surface area contributed by atoms with Gasteiger partial charge in [0.1, 0.15) is 27.9 Å². The molecule has 1 amide bonds. The SMILES string of the molecule is O=C1NC(N2CCN(Cc3nccs3)CC2)=NC(=N[C@@H]2C[C@H](CO)[C@@H](O)[C@H]2O)C1c1nc2ccccc2s1. The van der Waals surface area contributed by atoms with E-state index in [0.717, 1.165) is 34.9 Å². The standard InChI is InChI=1S/C25H29N7O4S2/c33-13-14-11-16(21(35)20(14)34)27-22-19(24-28-15-3-1-2-4-17(15)38-24)23(36)30-25(29-22)32-8-6-31(7-9-32)12-18-26-5-10-37-18/h1-5,10,14,16,19-21,33-35H,6-9,11-13H2,(H,27,29,30,36)/t14-,16-,19?,20-,21+/m1/s1. The van der Waals surface area contributed by atoms with Gasteiger partial charge in [-0.3, -0.25) is 20.0 Å². The van der Waals surface area contributed by atoms with Crippen LogP contribution in [0.25, 0.3) is 10.2 Å². The third-order valence-electron chi connectivity index (χ3n) is 7.35. The fraction of sp³-hybridized carbons (Fsp3) is 0.480. The highest BCUT2D eigenvalue weighted by Gasteiger charge is 2.43. The average molecular weight is 556 g/mol. The van der Waals surface area contributed by atoms with Crippen LogP contribution in [0.3, 0.4) is 0 Å². The summed E-state index contributed by atoms with van der Waals surface area (Å²) in [6, 6.07) is 7.00. The molecule has 6 rings (SSSR count). The van der Waals surface area contributed by atoms with Gasteiger partial charge in [-0.2, -0.15) is 4.99 Å². The van der Waals surface area contributed by atoms with Crippen LogP contribution in [0, 0.1) is 5.92 Å². The number of carbonyl (C=O) groups excluding carboxylic acids is 1. The van der Waals surface area contributed by atoms with Crippen LogP contribution in [0.2, 0.25) is 0 Å². The monoisotopic (exact) mass is 555 g/mol. The Bertz CT molecular complexity index is 1320. The van der Waals surface area contributed by atoms with Crippen LogP contribution in [0.15, 0.2) is 45.8 Å². The Hall–Kier alpha value is -2.81. The molecule has 2 aliphatic heterocycles. The number of piperazine rings is 1. The first-order chi connectivity index (χ1) is 18.5. The number of aromatic nitrogens is 2. The van der Waals surface area contributed by atoms with Gasteiger partial charge in [-0.15, -0.1) is 22.7 Å². The number of amidine groups is 1. The number of guanidine groups is 1. The molecule has 1 saturated carbocycles. The first kappa shape index (κ1) is 25.5. The second kappa shape index (κ2) is 10.8. The summed E-state index contributed by atoms with van der Waals surface area (Å²) in [5.41, 5.74) is 0.794. The summed E-state index contributed by atoms with van der Waals surface area (Å²) in [7, 11) is 0. The van der Waals surface area contributed by atoms with Crippen molar-refractivity contribution < 1.29 is 20.1 Å². The number of fused-ring (bicyclic) bond motifs is 1. The zero-order valence-electron chi connectivity index (χ0n) is 20.6. The molecule has 11 nitrogen and oxygen atoms in total. The minimum Gasteiger partial charge on any atom is -0.396 e. The Balaban J connectivity index is 1.29. The van der Waals surface area contributed by atoms with Crippen molar-refractivity contribution in [2.75, 3.05) is 32.8 Å². The molecule has 3 aliphatic rings. The topological polar surface area (TPSA) is 147 Å². The number of amides is 1. The van der Waals surface area contributed by atoms with Gasteiger partial charge in [-0.05, 0) is 18.6 Å². The summed E-state index contributed by atoms with van der Waals surface area (Å²) in [5.74, 6) is -0.883. The molecule has 2 fully saturated rings. The van der Waals surface area contributed by atoms with Gasteiger partial charge in [0, 0.05) is 50.3 Å². The van der Waals surface area contributed by atoms with E-state index in [2.05, 4.69) is 15.2 Å². The Morgan fingerprint density at radius 2 is 1.95 bits per heavy atom. The number of hydrogen-bond donors (Lipinski definition) is 4. The zero-order chi connectivity index (χ0) is 26.2. The second-order valence-corrected chi connectivity index (χ2v) is 11.8. The van der Waals surface area contributed by atoms with Gasteiger partial charge in [-0.25, -0.2) is 9.97 Å². The number of aliphatic hydroxyl groups is 3. The van der Waals surface area contributed by atoms with E-state index in [9.17, 15) is 20.1 Å². The Labute approximate surface area is 227 Å². The van der Waals surface area contributed by atoms with Crippen LogP contribution in [-0.2, 0) is 11.3 Å². The molecular formula is C25H29N7O4S2. The summed E-state index contributed by atoms with van der Waals surface area (Å²) in [6.07, 6.45) is -0.110. The smallest absolute Gasteiger partial charge is 0.244 e. The molecule has 4 heterocycles. The molecule has 13 heteroatoms. The minimum absolute atomic E-state index is 0.249. The van der Waals surface area contributed by atoms with E-state index in [-0.39, 0.29) is 18.3 Å². The van der Waals surface area contributed by atoms with Crippen molar-refractivity contribution >= 4 is 50.6 Å². The summed E-state index contributed by atoms with van der Waals surface area (Å²) >= 11 is 3.06. The molecule has 38 heavy (non-hydrogen) atoms. The van der Waals surface area contributed by atoms with Crippen LogP contribution in [-0.4, -0.2) is 104 Å². The van der Waals surface area contributed by atoms with Gasteiger partial charge >= 0.3 is 0 Å². The predicted octanol–water partition coefficient (Wildman–Crippen LogP) is 0.641. The van der Waals surface area contributed by atoms with Crippen LogP contribution in [0.1, 0.15) is 22.4 Å². The summed E-state index contributed by atoms with van der Waals surface area (Å²) in [4.78, 5) is 36.5. The van der Waals surface area contributed by atoms with Gasteiger partial charge in [-0.1, -0.05) is 12.1 Å². The van der Waals surface area contributed by atoms with Gasteiger partial charge in [0.05, 0.1) is 28.9 Å². The number of aliphatic imine (C=N–C) groups is 2. The fourth-order valence-electron chi connectivity index (χ4n) is 5.21. The number of nitrogens with one attached hydrogen (secondary N) is 1. The molecule has 1 unspecified atom stereocenters. The van der Waals surface area contributed by atoms with Crippen molar-refractivity contribution in [2.45, 2.75) is 37.1 Å². The van der Waals surface area contributed by atoms with Crippen molar-refractivity contribution in [2.24, 2.45) is 15.9 Å². The molecule has 4 N–H and O–H groups in total. The fourth-order valence-corrected chi connectivity index (χ4v) is 6.93. The lowest BCUT2D eigenvalue weighted by molar-refractivity contribution is -0.120. The Morgan fingerprint density at radius 3 is 2.66 bits per heavy atom. The number of carbonyl (C=O) groups is 1. The van der Waals surface area contributed by atoms with Crippen molar-refractivity contribution in [1.82, 2.24) is 25.1 Å². The highest BCUT2D eigenvalue weighted by molar-refractivity contribution is 7.18. The largest absolute Gasteiger partial charge is 0.396 e. The number of nitrogens with zero attached hydrogens (tertiary/aromatic N) is 6. The first-order valence-electron chi connectivity index (χ1n) is 12.7. The van der Waals surface area contributed by atoms with E-state index in [1.54, 1.807) is 11.3 Å². The van der Waals surface area contributed by atoms with Crippen LogP contribution >= 0.6 is 22.7 Å². The van der Waals surface area contributed by atoms with E-state index in [4.69, 9.17) is 15.0 Å². The van der Waals surface area contributed by atoms with E-state index in [1.165, 1.54) is 11.3 Å². The number of para-hydroxylation sites is 1. The van der Waals surface area contributed by atoms with Gasteiger partial charge in [0.15, 0.2) is 0 Å². The van der Waals surface area contributed by atoms with Crippen molar-refractivity contribution in [1.29, 1.82) is 0 Å². The maximum absolute atomic E-state index is 13.5. The maximum atomic E-state index is 13.5. The molecule has 3 aromatic rings. The highest BCUT2D eigenvalue weighted by atomic mass is 32.1. The van der Waals surface area contributed by atoms with Crippen molar-refractivity contribution in [3.63, 3.8) is 0 Å². The van der Waals surface area contributed by atoms with Crippen molar-refractivity contribution in [3.05, 3.63) is 45.9 Å². The lowest BCUT2D eigenvalue weighted by atomic mass is 10.1. The first-order valence-corrected chi connectivity index (χ1v) is 14.3. The Kier molecular flexibility index (Phi) is 7.20. The lowest BCUT2D eigenvalue weighted by Crippen LogP contribution is -2.56. The van der Waals surface area contributed by atoms with Crippen LogP contribution < -0.4 is 5.32 Å². The molecule has 0 radical (unpaired) electrons. The summed E-state index contributed by atoms with van der Waals surface area (Å²) in [6.45, 7) is 3.51. The third kappa shape index (κ3) is 4.97. The van der Waals surface area contributed by atoms with Crippen LogP contribution in [0.4, 0.5) is 0 Å². The van der Waals surface area contributed by atoms with E-state index in [0.29, 0.717) is 30.5 Å². The van der Waals surface area contributed by atoms with Gasteiger partial charge in [0.25, 0.3) is 0 Å². The van der Waals surface area contributed by atoms with E-state index in [1.807, 2.05) is 40.7 Å². The molecule has 200 valence electrons. The second-order valence-electron chi connectivity index (χ2n) is 9.78. The molecule has 1 saturated heterocycles. The normalized spacial score (nSPS) is 29.7. The lowest BCUT2D eigenvalue weighted by Gasteiger charge is -2.37. The highest BCUT2D eigenvalue weighted by Crippen LogP contribution is 2.33. The number of benzene rings is 1. The molecule has 5 atom stereocenters. The molecule has 2 aromatic heterocycles. The van der Waals surface area contributed by atoms with E-state index >= 15 is 0 Å². The average Bonchev–Trinajstić information content (AvgIpc) is 3.65. The minimum atomic E-state index is -1.14. The summed E-state index contributed by atoms with van der Waals surface area (Å²) < 4.78 is 0.956. The maximum Gasteiger partial charge on any atom is 0.244 e. The number of rotatable bonds is 5. The Morgan fingerprint density at radius 1 is 1.13 bits per heavy atom. The van der Waals surface area contributed by atoms with Crippen molar-refractivity contribution in [3.8, 4) is 0 Å². The zero-order valence-corrected chi connectivity index (χ0v) is 22.2. The molecule has 0 spiro atoms. The number of hydrogen-bond acceptors (Lipinski definition) is 11. The van der Waals surface area contributed by atoms with Gasteiger partial charge in [0.2, 0.25) is 11.9 Å². The van der Waals surface area contributed by atoms with E-state index < -0.39 is 30.1 Å². The predicted molar refractivity (Wildman–Crippen MR) is 145 cm³/mol. The number of thiazole rings is 2. The van der Waals surface area contributed by atoms with Gasteiger partial charge < -0.3 is 20.2 Å². The molecular weight excluding hydrogens is 526 g/mol. The molecule has 1 aliphatic carbocycles. The molecule has 1 aromatic carbocycles. The quantitative estimate of drug-likeness (QED) is 0.359. The number of aliphatic hydroxyl groups excluding tert-OH is 3. The third-order valence-corrected chi connectivity index (χ3v) is 9.22.